The zero-order chi connectivity index (χ0) is 27.5. The van der Waals surface area contributed by atoms with Crippen LogP contribution in [0.4, 0.5) is 0 Å². The molecule has 5 rings (SSSR count). The fraction of sp³-hybridized carbons (Fsp3) is 0.233. The topological polar surface area (TPSA) is 101 Å². The molecule has 1 saturated carbocycles. The third-order valence-corrected chi connectivity index (χ3v) is 7.33. The zero-order valence-corrected chi connectivity index (χ0v) is 21.7. The summed E-state index contributed by atoms with van der Waals surface area (Å²) in [6, 6.07) is 20.4. The maximum absolute atomic E-state index is 13.5. The van der Waals surface area contributed by atoms with Crippen LogP contribution in [-0.2, 0) is 9.59 Å². The summed E-state index contributed by atoms with van der Waals surface area (Å²) < 4.78 is 5.36. The first-order valence-corrected chi connectivity index (χ1v) is 13.1. The fourth-order valence-electron chi connectivity index (χ4n) is 5.03. The Kier molecular flexibility index (Phi) is 7.56. The van der Waals surface area contributed by atoms with Gasteiger partial charge in [0, 0.05) is 16.1 Å². The summed E-state index contributed by atoms with van der Waals surface area (Å²) in [5, 5.41) is 2.23. The molecule has 2 aliphatic rings. The summed E-state index contributed by atoms with van der Waals surface area (Å²) in [5.41, 5.74) is 0.792. The van der Waals surface area contributed by atoms with Crippen molar-refractivity contribution in [3.63, 3.8) is 0 Å². The number of esters is 1. The number of carbonyl (C=O) groups excluding carboxylic acids is 5. The maximum Gasteiger partial charge on any atom is 0.343 e. The SMILES string of the molecule is O=C(CN(C(=O)c1ccc(Cl)cc1)N1C(=O)[C@H]2CCCC[C@H]2C1=O)c1ccc(OC(=O)c2ccccc2)cc1. The molecule has 0 aromatic heterocycles. The van der Waals surface area contributed by atoms with Crippen molar-refractivity contribution in [1.82, 2.24) is 10.0 Å². The lowest BCUT2D eigenvalue weighted by molar-refractivity contribution is -0.154. The van der Waals surface area contributed by atoms with Crippen LogP contribution in [0.2, 0.25) is 5.02 Å². The smallest absolute Gasteiger partial charge is 0.343 e. The van der Waals surface area contributed by atoms with Gasteiger partial charge >= 0.3 is 5.97 Å². The van der Waals surface area contributed by atoms with Gasteiger partial charge in [0.1, 0.15) is 12.3 Å². The minimum atomic E-state index is -0.659. The second kappa shape index (κ2) is 11.2. The predicted molar refractivity (Wildman–Crippen MR) is 142 cm³/mol. The Bertz CT molecular complexity index is 1400. The number of Topliss-reactive ketones (excluding diaryl/α,β-unsaturated/α-hetero) is 1. The Morgan fingerprint density at radius 3 is 1.92 bits per heavy atom. The number of hydrogen-bond donors (Lipinski definition) is 0. The lowest BCUT2D eigenvalue weighted by atomic mass is 9.81. The van der Waals surface area contributed by atoms with Crippen molar-refractivity contribution in [2.24, 2.45) is 11.8 Å². The molecule has 1 aliphatic carbocycles. The van der Waals surface area contributed by atoms with Crippen molar-refractivity contribution < 1.29 is 28.7 Å². The number of benzene rings is 3. The van der Waals surface area contributed by atoms with Crippen LogP contribution in [0.15, 0.2) is 78.9 Å². The summed E-state index contributed by atoms with van der Waals surface area (Å²) in [4.78, 5) is 65.8. The molecule has 3 aromatic carbocycles. The van der Waals surface area contributed by atoms with E-state index in [4.69, 9.17) is 16.3 Å². The summed E-state index contributed by atoms with van der Waals surface area (Å²) in [6.45, 7) is -0.526. The molecule has 0 spiro atoms. The van der Waals surface area contributed by atoms with E-state index in [1.54, 1.807) is 30.3 Å². The van der Waals surface area contributed by atoms with E-state index in [2.05, 4.69) is 0 Å². The summed E-state index contributed by atoms with van der Waals surface area (Å²) in [6.07, 6.45) is 2.82. The highest BCUT2D eigenvalue weighted by atomic mass is 35.5. The Labute approximate surface area is 230 Å². The molecule has 2 fully saturated rings. The molecule has 3 amide bonds. The number of ketones is 1. The minimum Gasteiger partial charge on any atom is -0.423 e. The van der Waals surface area contributed by atoms with Gasteiger partial charge in [0.15, 0.2) is 5.78 Å². The van der Waals surface area contributed by atoms with Gasteiger partial charge in [-0.15, -0.1) is 0 Å². The van der Waals surface area contributed by atoms with Gasteiger partial charge in [-0.3, -0.25) is 19.2 Å². The number of fused-ring (bicyclic) bond motifs is 1. The van der Waals surface area contributed by atoms with Crippen molar-refractivity contribution in [1.29, 1.82) is 0 Å². The molecule has 0 unspecified atom stereocenters. The molecule has 1 heterocycles. The third-order valence-electron chi connectivity index (χ3n) is 7.07. The second-order valence-electron chi connectivity index (χ2n) is 9.56. The minimum absolute atomic E-state index is 0.186. The van der Waals surface area contributed by atoms with Crippen LogP contribution in [0.5, 0.6) is 5.75 Å². The quantitative estimate of drug-likeness (QED) is 0.180. The van der Waals surface area contributed by atoms with E-state index >= 15 is 0 Å². The molecule has 9 heteroatoms. The standard InChI is InChI=1S/C30H25ClN2O6/c31-22-14-10-20(11-15-22)27(35)32(33-28(36)24-8-4-5-9-25(24)29(33)37)18-26(34)19-12-16-23(17-13-19)39-30(38)21-6-2-1-3-7-21/h1-3,6-7,10-17,24-25H,4-5,8-9,18H2/t24-,25+. The van der Waals surface area contributed by atoms with E-state index < -0.39 is 47.9 Å². The van der Waals surface area contributed by atoms with Gasteiger partial charge in [0.05, 0.1) is 17.4 Å². The van der Waals surface area contributed by atoms with Crippen molar-refractivity contribution in [2.75, 3.05) is 6.54 Å². The highest BCUT2D eigenvalue weighted by Gasteiger charge is 2.51. The predicted octanol–water partition coefficient (Wildman–Crippen LogP) is 4.97. The number of ether oxygens (including phenoxy) is 1. The molecule has 0 bridgehead atoms. The Morgan fingerprint density at radius 1 is 0.769 bits per heavy atom. The van der Waals surface area contributed by atoms with Gasteiger partial charge in [0.25, 0.3) is 17.7 Å². The third kappa shape index (κ3) is 5.47. The van der Waals surface area contributed by atoms with Crippen molar-refractivity contribution in [2.45, 2.75) is 25.7 Å². The lowest BCUT2D eigenvalue weighted by Gasteiger charge is -2.30. The van der Waals surface area contributed by atoms with Crippen LogP contribution in [0.1, 0.15) is 56.8 Å². The average Bonchev–Trinajstić information content (AvgIpc) is 3.22. The Morgan fingerprint density at radius 2 is 1.33 bits per heavy atom. The maximum atomic E-state index is 13.5. The second-order valence-corrected chi connectivity index (χ2v) is 9.99. The lowest BCUT2D eigenvalue weighted by Crippen LogP contribution is -2.52. The van der Waals surface area contributed by atoms with Crippen molar-refractivity contribution in [3.8, 4) is 5.75 Å². The van der Waals surface area contributed by atoms with E-state index in [0.29, 0.717) is 23.4 Å². The number of nitrogens with zero attached hydrogens (tertiary/aromatic N) is 2. The van der Waals surface area contributed by atoms with Crippen molar-refractivity contribution >= 4 is 41.1 Å². The summed E-state index contributed by atoms with van der Waals surface area (Å²) >= 11 is 5.97. The van der Waals surface area contributed by atoms with E-state index in [0.717, 1.165) is 22.9 Å². The zero-order valence-electron chi connectivity index (χ0n) is 20.9. The molecule has 39 heavy (non-hydrogen) atoms. The molecule has 1 aliphatic heterocycles. The monoisotopic (exact) mass is 544 g/mol. The molecular formula is C30H25ClN2O6. The van der Waals surface area contributed by atoms with Gasteiger partial charge in [-0.25, -0.2) is 9.80 Å². The number of amides is 3. The van der Waals surface area contributed by atoms with E-state index in [1.807, 2.05) is 0 Å². The van der Waals surface area contributed by atoms with Crippen LogP contribution in [0, 0.1) is 11.8 Å². The number of carbonyl (C=O) groups is 5. The number of hydrogen-bond acceptors (Lipinski definition) is 6. The number of hydrazine groups is 1. The fourth-order valence-corrected chi connectivity index (χ4v) is 5.16. The van der Waals surface area contributed by atoms with Gasteiger partial charge in [-0.2, -0.15) is 5.01 Å². The van der Waals surface area contributed by atoms with Gasteiger partial charge in [-0.05, 0) is 73.5 Å². The normalized spacial score (nSPS) is 18.4. The Hall–Kier alpha value is -4.30. The highest BCUT2D eigenvalue weighted by Crippen LogP contribution is 2.39. The van der Waals surface area contributed by atoms with Crippen LogP contribution in [0.3, 0.4) is 0 Å². The van der Waals surface area contributed by atoms with Crippen LogP contribution >= 0.6 is 11.6 Å². The number of halogens is 1. The number of imide groups is 1. The van der Waals surface area contributed by atoms with Gasteiger partial charge < -0.3 is 4.74 Å². The van der Waals surface area contributed by atoms with Crippen LogP contribution in [0.25, 0.3) is 0 Å². The molecular weight excluding hydrogens is 520 g/mol. The Balaban J connectivity index is 1.37. The number of rotatable bonds is 7. The molecule has 1 saturated heterocycles. The van der Waals surface area contributed by atoms with Crippen molar-refractivity contribution in [3.05, 3.63) is 101 Å². The molecule has 0 radical (unpaired) electrons. The first-order valence-electron chi connectivity index (χ1n) is 12.7. The molecule has 8 nitrogen and oxygen atoms in total. The van der Waals surface area contributed by atoms with Crippen LogP contribution < -0.4 is 4.74 Å². The average molecular weight is 545 g/mol. The molecule has 198 valence electrons. The van der Waals surface area contributed by atoms with Crippen LogP contribution in [-0.4, -0.2) is 46.0 Å². The summed E-state index contributed by atoms with van der Waals surface area (Å²) in [5.74, 6) is -3.33. The largest absolute Gasteiger partial charge is 0.423 e. The molecule has 3 aromatic rings. The highest BCUT2D eigenvalue weighted by molar-refractivity contribution is 6.30. The van der Waals surface area contributed by atoms with Gasteiger partial charge in [0.2, 0.25) is 0 Å². The summed E-state index contributed by atoms with van der Waals surface area (Å²) in [7, 11) is 0. The molecule has 0 N–H and O–H groups in total. The molecule has 2 atom stereocenters. The van der Waals surface area contributed by atoms with Gasteiger partial charge in [-0.1, -0.05) is 42.6 Å². The first-order chi connectivity index (χ1) is 18.8. The van der Waals surface area contributed by atoms with E-state index in [9.17, 15) is 24.0 Å². The van der Waals surface area contributed by atoms with E-state index in [-0.39, 0.29) is 16.9 Å². The first kappa shape index (κ1) is 26.3. The van der Waals surface area contributed by atoms with E-state index in [1.165, 1.54) is 48.5 Å².